The highest BCUT2D eigenvalue weighted by Crippen LogP contribution is 2.28. The van der Waals surface area contributed by atoms with Gasteiger partial charge in [-0.05, 0) is 32.4 Å². The van der Waals surface area contributed by atoms with E-state index in [1.54, 1.807) is 7.11 Å². The molecule has 0 unspecified atom stereocenters. The van der Waals surface area contributed by atoms with Gasteiger partial charge in [-0.1, -0.05) is 6.07 Å². The fourth-order valence-corrected chi connectivity index (χ4v) is 3.48. The molecule has 24 heavy (non-hydrogen) atoms. The van der Waals surface area contributed by atoms with Crippen LogP contribution in [0.3, 0.4) is 0 Å². The zero-order chi connectivity index (χ0) is 16.7. The molecule has 4 heterocycles. The number of methoxy groups -OCH3 is 1. The zero-order valence-electron chi connectivity index (χ0n) is 14.3. The van der Waals surface area contributed by atoms with Crippen molar-refractivity contribution in [3.63, 3.8) is 0 Å². The molecule has 0 radical (unpaired) electrons. The number of ether oxygens (including phenoxy) is 1. The summed E-state index contributed by atoms with van der Waals surface area (Å²) in [6, 6.07) is 6.01. The van der Waals surface area contributed by atoms with Crippen molar-refractivity contribution < 1.29 is 4.74 Å². The minimum atomic E-state index is 0.271. The van der Waals surface area contributed by atoms with E-state index in [2.05, 4.69) is 36.0 Å². The van der Waals surface area contributed by atoms with E-state index in [4.69, 9.17) is 4.74 Å². The van der Waals surface area contributed by atoms with Crippen LogP contribution >= 0.6 is 0 Å². The summed E-state index contributed by atoms with van der Waals surface area (Å²) in [5, 5.41) is 8.99. The molecule has 0 amide bonds. The van der Waals surface area contributed by atoms with Crippen LogP contribution in [0.5, 0.6) is 0 Å². The summed E-state index contributed by atoms with van der Waals surface area (Å²) < 4.78 is 9.73. The van der Waals surface area contributed by atoms with Gasteiger partial charge in [-0.25, -0.2) is 4.98 Å². The summed E-state index contributed by atoms with van der Waals surface area (Å²) in [7, 11) is 1.77. The van der Waals surface area contributed by atoms with Crippen LogP contribution in [-0.4, -0.2) is 50.5 Å². The van der Waals surface area contributed by atoms with Crippen LogP contribution in [0.4, 0.5) is 5.95 Å². The summed E-state index contributed by atoms with van der Waals surface area (Å²) in [4.78, 5) is 6.90. The first kappa shape index (κ1) is 15.1. The second-order valence-electron chi connectivity index (χ2n) is 6.13. The molecule has 1 fully saturated rings. The van der Waals surface area contributed by atoms with Crippen molar-refractivity contribution in [1.29, 1.82) is 0 Å². The minimum absolute atomic E-state index is 0.271. The number of pyridine rings is 1. The molecule has 0 spiro atoms. The Morgan fingerprint density at radius 1 is 1.29 bits per heavy atom. The van der Waals surface area contributed by atoms with Crippen molar-refractivity contribution in [3.8, 4) is 11.5 Å². The highest BCUT2D eigenvalue weighted by molar-refractivity contribution is 5.63. The molecule has 1 atom stereocenters. The predicted octanol–water partition coefficient (Wildman–Crippen LogP) is 2.15. The lowest BCUT2D eigenvalue weighted by Gasteiger charge is -2.18. The Balaban J connectivity index is 1.80. The number of rotatable bonds is 4. The molecular formula is C17H22N6O. The highest BCUT2D eigenvalue weighted by Gasteiger charge is 2.28. The van der Waals surface area contributed by atoms with E-state index in [-0.39, 0.29) is 6.10 Å². The maximum Gasteiger partial charge on any atom is 0.227 e. The van der Waals surface area contributed by atoms with E-state index in [1.165, 1.54) is 0 Å². The van der Waals surface area contributed by atoms with Gasteiger partial charge in [0.25, 0.3) is 0 Å². The first-order chi connectivity index (χ1) is 11.7. The van der Waals surface area contributed by atoms with Gasteiger partial charge in [-0.2, -0.15) is 0 Å². The molecule has 126 valence electrons. The second kappa shape index (κ2) is 5.90. The minimum Gasteiger partial charge on any atom is -0.380 e. The summed E-state index contributed by atoms with van der Waals surface area (Å²) in [5.74, 6) is 1.78. The summed E-state index contributed by atoms with van der Waals surface area (Å²) >= 11 is 0. The average Bonchev–Trinajstić information content (AvgIpc) is 3.29. The lowest BCUT2D eigenvalue weighted by Crippen LogP contribution is -2.25. The van der Waals surface area contributed by atoms with Crippen LogP contribution in [0, 0.1) is 6.92 Å². The van der Waals surface area contributed by atoms with Crippen LogP contribution in [0.15, 0.2) is 24.4 Å². The van der Waals surface area contributed by atoms with Crippen molar-refractivity contribution >= 4 is 11.6 Å². The Bertz CT molecular complexity index is 867. The van der Waals surface area contributed by atoms with Crippen molar-refractivity contribution in [2.45, 2.75) is 32.9 Å². The molecule has 3 aromatic rings. The zero-order valence-corrected chi connectivity index (χ0v) is 14.3. The molecule has 3 aromatic heterocycles. The van der Waals surface area contributed by atoms with Gasteiger partial charge in [0, 0.05) is 32.9 Å². The SMILES string of the molecule is CCn1c(-c2c(C)nc3ccccn23)nnc1N1CC[C@H](OC)C1. The quantitative estimate of drug-likeness (QED) is 0.735. The molecule has 0 N–H and O–H groups in total. The van der Waals surface area contributed by atoms with Crippen molar-refractivity contribution in [2.75, 3.05) is 25.1 Å². The Labute approximate surface area is 140 Å². The Morgan fingerprint density at radius 2 is 2.17 bits per heavy atom. The monoisotopic (exact) mass is 326 g/mol. The maximum atomic E-state index is 5.48. The number of imidazole rings is 1. The largest absolute Gasteiger partial charge is 0.380 e. The smallest absolute Gasteiger partial charge is 0.227 e. The molecular weight excluding hydrogens is 304 g/mol. The molecule has 4 rings (SSSR count). The number of anilines is 1. The van der Waals surface area contributed by atoms with E-state index in [0.717, 1.165) is 54.9 Å². The Kier molecular flexibility index (Phi) is 3.72. The third-order valence-corrected chi connectivity index (χ3v) is 4.72. The van der Waals surface area contributed by atoms with Crippen molar-refractivity contribution in [2.24, 2.45) is 0 Å². The van der Waals surface area contributed by atoms with Gasteiger partial charge in [0.2, 0.25) is 5.95 Å². The van der Waals surface area contributed by atoms with Gasteiger partial charge >= 0.3 is 0 Å². The van der Waals surface area contributed by atoms with Crippen LogP contribution < -0.4 is 4.90 Å². The van der Waals surface area contributed by atoms with Gasteiger partial charge < -0.3 is 9.64 Å². The van der Waals surface area contributed by atoms with Gasteiger partial charge in [-0.15, -0.1) is 10.2 Å². The summed E-state index contributed by atoms with van der Waals surface area (Å²) in [5.41, 5.74) is 2.90. The van der Waals surface area contributed by atoms with Gasteiger partial charge in [0.15, 0.2) is 5.82 Å². The van der Waals surface area contributed by atoms with E-state index < -0.39 is 0 Å². The average molecular weight is 326 g/mol. The molecule has 0 saturated carbocycles. The normalized spacial score (nSPS) is 18.0. The molecule has 0 aliphatic carbocycles. The molecule has 0 aromatic carbocycles. The van der Waals surface area contributed by atoms with Crippen molar-refractivity contribution in [3.05, 3.63) is 30.1 Å². The van der Waals surface area contributed by atoms with E-state index >= 15 is 0 Å². The molecule has 1 aliphatic heterocycles. The molecule has 7 heteroatoms. The standard InChI is InChI=1S/C17H22N6O/c1-4-22-16(15-12(2)18-14-7-5-6-9-23(14)15)19-20-17(22)21-10-8-13(11-21)24-3/h5-7,9,13H,4,8,10-11H2,1-3H3/t13-/m0/s1. The number of fused-ring (bicyclic) bond motifs is 1. The first-order valence-electron chi connectivity index (χ1n) is 8.38. The third kappa shape index (κ3) is 2.27. The molecule has 1 saturated heterocycles. The molecule has 7 nitrogen and oxygen atoms in total. The van der Waals surface area contributed by atoms with Crippen LogP contribution in [-0.2, 0) is 11.3 Å². The first-order valence-corrected chi connectivity index (χ1v) is 8.38. The topological polar surface area (TPSA) is 60.5 Å². The van der Waals surface area contributed by atoms with Crippen LogP contribution in [0.1, 0.15) is 19.0 Å². The Hall–Kier alpha value is -2.41. The highest BCUT2D eigenvalue weighted by atomic mass is 16.5. The number of aryl methyl sites for hydroxylation is 1. The number of hydrogen-bond donors (Lipinski definition) is 0. The van der Waals surface area contributed by atoms with Crippen LogP contribution in [0.2, 0.25) is 0 Å². The predicted molar refractivity (Wildman–Crippen MR) is 92.2 cm³/mol. The van der Waals surface area contributed by atoms with Gasteiger partial charge in [0.1, 0.15) is 11.3 Å². The summed E-state index contributed by atoms with van der Waals surface area (Å²) in [6.07, 6.45) is 3.32. The third-order valence-electron chi connectivity index (χ3n) is 4.72. The maximum absolute atomic E-state index is 5.48. The fourth-order valence-electron chi connectivity index (χ4n) is 3.48. The van der Waals surface area contributed by atoms with Gasteiger partial charge in [-0.3, -0.25) is 8.97 Å². The number of nitrogens with zero attached hydrogens (tertiary/aromatic N) is 6. The lowest BCUT2D eigenvalue weighted by atomic mass is 10.3. The van der Waals surface area contributed by atoms with E-state index in [0.29, 0.717) is 0 Å². The van der Waals surface area contributed by atoms with Crippen LogP contribution in [0.25, 0.3) is 17.2 Å². The molecule has 0 bridgehead atoms. The summed E-state index contributed by atoms with van der Waals surface area (Å²) in [6.45, 7) is 6.77. The molecule has 1 aliphatic rings. The number of hydrogen-bond acceptors (Lipinski definition) is 5. The van der Waals surface area contributed by atoms with Crippen molar-refractivity contribution in [1.82, 2.24) is 24.1 Å². The fraction of sp³-hybridized carbons (Fsp3) is 0.471. The Morgan fingerprint density at radius 3 is 2.92 bits per heavy atom. The number of aromatic nitrogens is 5. The second-order valence-corrected chi connectivity index (χ2v) is 6.13. The van der Waals surface area contributed by atoms with Gasteiger partial charge in [0.05, 0.1) is 11.8 Å². The van der Waals surface area contributed by atoms with E-state index in [1.807, 2.05) is 31.3 Å². The lowest BCUT2D eigenvalue weighted by molar-refractivity contribution is 0.121. The van der Waals surface area contributed by atoms with E-state index in [9.17, 15) is 0 Å².